The summed E-state index contributed by atoms with van der Waals surface area (Å²) < 4.78 is 41.3. The first-order valence-electron chi connectivity index (χ1n) is 6.58. The van der Waals surface area contributed by atoms with E-state index in [0.29, 0.717) is 5.56 Å². The highest BCUT2D eigenvalue weighted by atomic mass is 19.4. The molecular weight excluding hydrogens is 297 g/mol. The van der Waals surface area contributed by atoms with Gasteiger partial charge in [0.2, 0.25) is 5.56 Å². The van der Waals surface area contributed by atoms with Crippen molar-refractivity contribution in [1.29, 1.82) is 0 Å². The number of rotatable bonds is 3. The van der Waals surface area contributed by atoms with Crippen molar-refractivity contribution in [1.82, 2.24) is 14.3 Å². The molecule has 8 heteroatoms. The number of nitrogens with zero attached hydrogens (tertiary/aromatic N) is 3. The number of hydrogen-bond donors (Lipinski definition) is 1. The molecule has 0 bridgehead atoms. The van der Waals surface area contributed by atoms with Crippen LogP contribution in [-0.2, 0) is 19.8 Å². The summed E-state index contributed by atoms with van der Waals surface area (Å²) in [5.41, 5.74) is 4.66. The minimum Gasteiger partial charge on any atom is -0.324 e. The summed E-state index contributed by atoms with van der Waals surface area (Å²) in [4.78, 5) is 11.4. The third-order valence-electron chi connectivity index (χ3n) is 3.01. The van der Waals surface area contributed by atoms with Crippen molar-refractivity contribution in [3.8, 4) is 11.3 Å². The Hall–Kier alpha value is -2.09. The minimum atomic E-state index is -4.54. The fourth-order valence-electron chi connectivity index (χ4n) is 2.04. The van der Waals surface area contributed by atoms with Crippen LogP contribution in [0.5, 0.6) is 0 Å². The van der Waals surface area contributed by atoms with Gasteiger partial charge in [-0.1, -0.05) is 0 Å². The predicted molar refractivity (Wildman–Crippen MR) is 76.2 cm³/mol. The zero-order chi connectivity index (χ0) is 16.7. The molecule has 0 saturated carbocycles. The molecule has 2 N–H and O–H groups in total. The van der Waals surface area contributed by atoms with Crippen molar-refractivity contribution in [2.45, 2.75) is 32.1 Å². The van der Waals surface area contributed by atoms with Crippen molar-refractivity contribution < 1.29 is 13.2 Å². The summed E-state index contributed by atoms with van der Waals surface area (Å²) >= 11 is 0. The van der Waals surface area contributed by atoms with Crippen molar-refractivity contribution in [3.63, 3.8) is 0 Å². The fourth-order valence-corrected chi connectivity index (χ4v) is 2.04. The van der Waals surface area contributed by atoms with Crippen LogP contribution in [0.2, 0.25) is 0 Å². The van der Waals surface area contributed by atoms with Crippen molar-refractivity contribution >= 4 is 0 Å². The van der Waals surface area contributed by atoms with Gasteiger partial charge in [-0.3, -0.25) is 9.48 Å². The van der Waals surface area contributed by atoms with E-state index in [2.05, 4.69) is 5.10 Å². The second-order valence-corrected chi connectivity index (χ2v) is 5.93. The molecule has 2 heterocycles. The molecule has 2 aromatic heterocycles. The zero-order valence-electron chi connectivity index (χ0n) is 12.5. The molecule has 0 spiro atoms. The Balaban J connectivity index is 2.59. The van der Waals surface area contributed by atoms with Gasteiger partial charge in [0.25, 0.3) is 0 Å². The average molecular weight is 314 g/mol. The first-order valence-corrected chi connectivity index (χ1v) is 6.58. The lowest BCUT2D eigenvalue weighted by molar-refractivity contribution is -0.141. The monoisotopic (exact) mass is 314 g/mol. The van der Waals surface area contributed by atoms with E-state index in [-0.39, 0.29) is 17.8 Å². The van der Waals surface area contributed by atoms with Crippen LogP contribution in [-0.4, -0.2) is 19.9 Å². The topological polar surface area (TPSA) is 65.8 Å². The SMILES string of the molecule is Cn1cc(-c2cc(C(F)(F)F)nn2CC(C)(C)N)ccc1=O. The Morgan fingerprint density at radius 2 is 1.91 bits per heavy atom. The Labute approximate surface area is 125 Å². The van der Waals surface area contributed by atoms with Crippen molar-refractivity contribution in [3.05, 3.63) is 40.4 Å². The smallest absolute Gasteiger partial charge is 0.324 e. The summed E-state index contributed by atoms with van der Waals surface area (Å²) in [7, 11) is 1.53. The van der Waals surface area contributed by atoms with Gasteiger partial charge in [0.1, 0.15) is 0 Å². The third kappa shape index (κ3) is 3.56. The maximum Gasteiger partial charge on any atom is 0.435 e. The van der Waals surface area contributed by atoms with Crippen LogP contribution >= 0.6 is 0 Å². The van der Waals surface area contributed by atoms with E-state index in [9.17, 15) is 18.0 Å². The van der Waals surface area contributed by atoms with E-state index in [1.165, 1.54) is 34.6 Å². The average Bonchev–Trinajstić information content (AvgIpc) is 2.74. The van der Waals surface area contributed by atoms with E-state index in [1.807, 2.05) is 0 Å². The molecular formula is C14H17F3N4O. The van der Waals surface area contributed by atoms with Crippen molar-refractivity contribution in [2.75, 3.05) is 0 Å². The summed E-state index contributed by atoms with van der Waals surface area (Å²) in [6, 6.07) is 3.73. The summed E-state index contributed by atoms with van der Waals surface area (Å²) in [5, 5.41) is 3.62. The highest BCUT2D eigenvalue weighted by Gasteiger charge is 2.35. The first-order chi connectivity index (χ1) is 9.97. The molecule has 0 aliphatic heterocycles. The lowest BCUT2D eigenvalue weighted by Gasteiger charge is -2.20. The van der Waals surface area contributed by atoms with E-state index in [1.54, 1.807) is 13.8 Å². The lowest BCUT2D eigenvalue weighted by atomic mass is 10.1. The van der Waals surface area contributed by atoms with Crippen LogP contribution in [0.4, 0.5) is 13.2 Å². The molecule has 0 fully saturated rings. The fraction of sp³-hybridized carbons (Fsp3) is 0.429. The van der Waals surface area contributed by atoms with Gasteiger partial charge in [-0.15, -0.1) is 0 Å². The quantitative estimate of drug-likeness (QED) is 0.942. The summed E-state index contributed by atoms with van der Waals surface area (Å²) in [6.45, 7) is 3.51. The standard InChI is InChI=1S/C14H17F3N4O/c1-13(2,18)8-21-10(6-11(19-21)14(15,16)17)9-4-5-12(22)20(3)7-9/h4-7H,8,18H2,1-3H3. The molecule has 0 radical (unpaired) electrons. The number of nitrogens with two attached hydrogens (primary N) is 1. The number of alkyl halides is 3. The summed E-state index contributed by atoms with van der Waals surface area (Å²) in [6.07, 6.45) is -3.07. The number of aryl methyl sites for hydroxylation is 1. The maximum atomic E-state index is 12.9. The van der Waals surface area contributed by atoms with Crippen LogP contribution in [0.1, 0.15) is 19.5 Å². The Kier molecular flexibility index (Phi) is 3.90. The van der Waals surface area contributed by atoms with Crippen LogP contribution in [0, 0.1) is 0 Å². The van der Waals surface area contributed by atoms with E-state index >= 15 is 0 Å². The van der Waals surface area contributed by atoms with Gasteiger partial charge in [-0.05, 0) is 26.0 Å². The number of hydrogen-bond acceptors (Lipinski definition) is 3. The second-order valence-electron chi connectivity index (χ2n) is 5.93. The number of halogens is 3. The van der Waals surface area contributed by atoms with Gasteiger partial charge >= 0.3 is 6.18 Å². The zero-order valence-corrected chi connectivity index (χ0v) is 12.5. The first kappa shape index (κ1) is 16.3. The minimum absolute atomic E-state index is 0.112. The van der Waals surface area contributed by atoms with E-state index < -0.39 is 17.4 Å². The second kappa shape index (κ2) is 5.28. The number of pyridine rings is 1. The molecule has 0 unspecified atom stereocenters. The summed E-state index contributed by atoms with van der Waals surface area (Å²) in [5.74, 6) is 0. The Morgan fingerprint density at radius 1 is 1.27 bits per heavy atom. The molecule has 0 amide bonds. The molecule has 0 aliphatic carbocycles. The third-order valence-corrected chi connectivity index (χ3v) is 3.01. The largest absolute Gasteiger partial charge is 0.435 e. The van der Waals surface area contributed by atoms with Crippen LogP contribution in [0.25, 0.3) is 11.3 Å². The molecule has 120 valence electrons. The van der Waals surface area contributed by atoms with Gasteiger partial charge in [0, 0.05) is 30.4 Å². The molecule has 0 atom stereocenters. The van der Waals surface area contributed by atoms with Gasteiger partial charge in [-0.25, -0.2) is 0 Å². The van der Waals surface area contributed by atoms with E-state index in [4.69, 9.17) is 5.73 Å². The Morgan fingerprint density at radius 3 is 2.41 bits per heavy atom. The number of aromatic nitrogens is 3. The van der Waals surface area contributed by atoms with E-state index in [0.717, 1.165) is 6.07 Å². The maximum absolute atomic E-state index is 12.9. The van der Waals surface area contributed by atoms with Gasteiger partial charge in [0.15, 0.2) is 5.69 Å². The molecule has 0 aromatic carbocycles. The highest BCUT2D eigenvalue weighted by molar-refractivity contribution is 5.59. The van der Waals surface area contributed by atoms with Crippen LogP contribution in [0.15, 0.2) is 29.2 Å². The van der Waals surface area contributed by atoms with Gasteiger partial charge in [0.05, 0.1) is 12.2 Å². The molecule has 0 aliphatic rings. The van der Waals surface area contributed by atoms with Gasteiger partial charge in [-0.2, -0.15) is 18.3 Å². The molecule has 0 saturated heterocycles. The molecule has 2 aromatic rings. The predicted octanol–water partition coefficient (Wildman–Crippen LogP) is 2.00. The van der Waals surface area contributed by atoms with Crippen molar-refractivity contribution in [2.24, 2.45) is 12.8 Å². The molecule has 5 nitrogen and oxygen atoms in total. The Bertz CT molecular complexity index is 738. The lowest BCUT2D eigenvalue weighted by Crippen LogP contribution is -2.37. The van der Waals surface area contributed by atoms with Gasteiger partial charge < -0.3 is 10.3 Å². The highest BCUT2D eigenvalue weighted by Crippen LogP contribution is 2.32. The van der Waals surface area contributed by atoms with Crippen LogP contribution in [0.3, 0.4) is 0 Å². The van der Waals surface area contributed by atoms with Crippen LogP contribution < -0.4 is 11.3 Å². The molecule has 2 rings (SSSR count). The molecule has 22 heavy (non-hydrogen) atoms. The normalized spacial score (nSPS) is 12.7.